The second-order valence-electron chi connectivity index (χ2n) is 9.75. The molecule has 34 heavy (non-hydrogen) atoms. The second-order valence-corrected chi connectivity index (χ2v) is 10.2. The molecule has 0 unspecified atom stereocenters. The van der Waals surface area contributed by atoms with E-state index in [1.165, 1.54) is 12.5 Å². The summed E-state index contributed by atoms with van der Waals surface area (Å²) in [6.45, 7) is 2.24. The quantitative estimate of drug-likeness (QED) is 0.481. The molecule has 2 aliphatic rings. The Bertz CT molecular complexity index is 1030. The molecule has 0 saturated heterocycles. The molecule has 4 nitrogen and oxygen atoms in total. The van der Waals surface area contributed by atoms with Crippen LogP contribution in [0, 0.1) is 12.8 Å². The molecule has 0 radical (unpaired) electrons. The van der Waals surface area contributed by atoms with Crippen LogP contribution in [0.25, 0.3) is 11.3 Å². The average Bonchev–Trinajstić information content (AvgIpc) is 3.11. The summed E-state index contributed by atoms with van der Waals surface area (Å²) in [5.41, 5.74) is 1.04. The van der Waals surface area contributed by atoms with Crippen molar-refractivity contribution in [2.75, 3.05) is 0 Å². The Morgan fingerprint density at radius 1 is 1.09 bits per heavy atom. The number of nitrogens with one attached hydrogen (secondary N) is 1. The van der Waals surface area contributed by atoms with Gasteiger partial charge in [0.2, 0.25) is 0 Å². The fraction of sp³-hybridized carbons (Fsp3) is 0.577. The van der Waals surface area contributed by atoms with Crippen LogP contribution in [0.15, 0.2) is 24.3 Å². The largest absolute Gasteiger partial charge is 0.416 e. The molecular formula is C26H32ClF3N2O2. The van der Waals surface area contributed by atoms with Crippen LogP contribution in [0.4, 0.5) is 13.2 Å². The van der Waals surface area contributed by atoms with Gasteiger partial charge in [0.1, 0.15) is 0 Å². The van der Waals surface area contributed by atoms with Gasteiger partial charge in [0.25, 0.3) is 5.91 Å². The zero-order chi connectivity index (χ0) is 24.5. The number of halogens is 4. The highest BCUT2D eigenvalue weighted by Gasteiger charge is 2.32. The molecule has 0 spiro atoms. The third-order valence-corrected chi connectivity index (χ3v) is 7.74. The number of aromatic nitrogens is 1. The Morgan fingerprint density at radius 3 is 2.44 bits per heavy atom. The summed E-state index contributed by atoms with van der Waals surface area (Å²) >= 11 is 6.39. The van der Waals surface area contributed by atoms with E-state index in [-0.39, 0.29) is 28.5 Å². The summed E-state index contributed by atoms with van der Waals surface area (Å²) < 4.78 is 42.3. The van der Waals surface area contributed by atoms with Gasteiger partial charge in [-0.2, -0.15) is 13.2 Å². The lowest BCUT2D eigenvalue weighted by molar-refractivity contribution is -0.137. The number of hydrogen-bond donors (Lipinski definition) is 2. The number of aliphatic hydroxyl groups excluding tert-OH is 1. The van der Waals surface area contributed by atoms with Gasteiger partial charge in [-0.15, -0.1) is 0 Å². The Hall–Kier alpha value is -1.99. The topological polar surface area (TPSA) is 54.3 Å². The highest BCUT2D eigenvalue weighted by Crippen LogP contribution is 2.38. The number of amides is 1. The van der Waals surface area contributed by atoms with Gasteiger partial charge in [0, 0.05) is 34.8 Å². The first kappa shape index (κ1) is 25.1. The molecule has 2 saturated carbocycles. The Labute approximate surface area is 203 Å². The van der Waals surface area contributed by atoms with Crippen LogP contribution in [0.1, 0.15) is 79.4 Å². The van der Waals surface area contributed by atoms with Gasteiger partial charge < -0.3 is 15.0 Å². The van der Waals surface area contributed by atoms with E-state index < -0.39 is 17.8 Å². The Morgan fingerprint density at radius 2 is 1.76 bits per heavy atom. The van der Waals surface area contributed by atoms with Crippen LogP contribution in [-0.4, -0.2) is 27.7 Å². The molecule has 2 aromatic rings. The van der Waals surface area contributed by atoms with Gasteiger partial charge in [0.05, 0.1) is 22.9 Å². The van der Waals surface area contributed by atoms with Crippen LogP contribution >= 0.6 is 11.6 Å². The van der Waals surface area contributed by atoms with E-state index in [9.17, 15) is 23.1 Å². The van der Waals surface area contributed by atoms with Crippen molar-refractivity contribution in [3.8, 4) is 11.3 Å². The summed E-state index contributed by atoms with van der Waals surface area (Å²) in [5, 5.41) is 13.9. The minimum absolute atomic E-state index is 0.0302. The number of alkyl halides is 3. The molecule has 2 fully saturated rings. The SMILES string of the molecule is Cc1c(C(=O)NC2CCCCC2)cc(-c2cc(C(F)(F)F)ccc2Cl)n1C[C@@H]1CCCC[C@H]1O. The van der Waals surface area contributed by atoms with Crippen molar-refractivity contribution in [2.24, 2.45) is 5.92 Å². The van der Waals surface area contributed by atoms with E-state index in [0.29, 0.717) is 29.9 Å². The van der Waals surface area contributed by atoms with Crippen molar-refractivity contribution in [3.05, 3.63) is 46.1 Å². The molecule has 2 N–H and O–H groups in total. The smallest absolute Gasteiger partial charge is 0.393 e. The summed E-state index contributed by atoms with van der Waals surface area (Å²) in [7, 11) is 0. The first-order valence-electron chi connectivity index (χ1n) is 12.2. The molecule has 8 heteroatoms. The first-order chi connectivity index (χ1) is 16.1. The fourth-order valence-electron chi connectivity index (χ4n) is 5.38. The minimum atomic E-state index is -4.51. The molecule has 1 heterocycles. The van der Waals surface area contributed by atoms with E-state index in [2.05, 4.69) is 5.32 Å². The van der Waals surface area contributed by atoms with Crippen LogP contribution in [0.5, 0.6) is 0 Å². The van der Waals surface area contributed by atoms with Crippen molar-refractivity contribution < 1.29 is 23.1 Å². The molecule has 0 bridgehead atoms. The number of benzene rings is 1. The van der Waals surface area contributed by atoms with E-state index in [1.54, 1.807) is 6.07 Å². The number of nitrogens with zero attached hydrogens (tertiary/aromatic N) is 1. The van der Waals surface area contributed by atoms with E-state index in [0.717, 1.165) is 57.1 Å². The average molecular weight is 497 g/mol. The van der Waals surface area contributed by atoms with Crippen LogP contribution < -0.4 is 5.32 Å². The predicted octanol–water partition coefficient (Wildman–Crippen LogP) is 6.75. The number of aliphatic hydroxyl groups is 1. The van der Waals surface area contributed by atoms with Crippen molar-refractivity contribution in [2.45, 2.75) is 89.6 Å². The minimum Gasteiger partial charge on any atom is -0.393 e. The van der Waals surface area contributed by atoms with E-state index in [4.69, 9.17) is 11.6 Å². The predicted molar refractivity (Wildman–Crippen MR) is 127 cm³/mol. The van der Waals surface area contributed by atoms with Crippen LogP contribution in [0.2, 0.25) is 5.02 Å². The molecular weight excluding hydrogens is 465 g/mol. The highest BCUT2D eigenvalue weighted by molar-refractivity contribution is 6.33. The normalized spacial score (nSPS) is 22.1. The third kappa shape index (κ3) is 5.46. The maximum absolute atomic E-state index is 13.5. The molecule has 4 rings (SSSR count). The molecule has 186 valence electrons. The third-order valence-electron chi connectivity index (χ3n) is 7.41. The second kappa shape index (κ2) is 10.3. The monoisotopic (exact) mass is 496 g/mol. The summed E-state index contributed by atoms with van der Waals surface area (Å²) in [5.74, 6) is -0.242. The van der Waals surface area contributed by atoms with Crippen LogP contribution in [-0.2, 0) is 12.7 Å². The Balaban J connectivity index is 1.75. The molecule has 1 amide bonds. The fourth-order valence-corrected chi connectivity index (χ4v) is 5.59. The maximum Gasteiger partial charge on any atom is 0.416 e. The molecule has 2 atom stereocenters. The summed E-state index contributed by atoms with van der Waals surface area (Å²) in [6, 6.07) is 5.04. The lowest BCUT2D eigenvalue weighted by atomic mass is 9.86. The maximum atomic E-state index is 13.5. The Kier molecular flexibility index (Phi) is 7.63. The van der Waals surface area contributed by atoms with E-state index in [1.807, 2.05) is 11.5 Å². The standard InChI is InChI=1S/C26H32ClF3N2O2/c1-16-20(25(34)31-19-8-3-2-4-9-19)14-23(32(16)15-17-7-5-6-10-24(17)33)21-13-18(26(28,29)30)11-12-22(21)27/h11-14,17,19,24,33H,2-10,15H2,1H3,(H,31,34)/t17-,24+/m0/s1. The summed E-state index contributed by atoms with van der Waals surface area (Å²) in [6.07, 6.45) is 3.72. The molecule has 2 aliphatic carbocycles. The van der Waals surface area contributed by atoms with Crippen molar-refractivity contribution in [1.29, 1.82) is 0 Å². The number of carbonyl (C=O) groups is 1. The van der Waals surface area contributed by atoms with Crippen LogP contribution in [0.3, 0.4) is 0 Å². The molecule has 1 aromatic heterocycles. The van der Waals surface area contributed by atoms with Gasteiger partial charge in [-0.05, 0) is 56.9 Å². The van der Waals surface area contributed by atoms with Crippen molar-refractivity contribution in [1.82, 2.24) is 9.88 Å². The highest BCUT2D eigenvalue weighted by atomic mass is 35.5. The number of rotatable bonds is 5. The van der Waals surface area contributed by atoms with Crippen molar-refractivity contribution >= 4 is 17.5 Å². The van der Waals surface area contributed by atoms with Gasteiger partial charge in [-0.3, -0.25) is 4.79 Å². The number of hydrogen-bond acceptors (Lipinski definition) is 2. The molecule has 1 aromatic carbocycles. The van der Waals surface area contributed by atoms with Gasteiger partial charge in [-0.1, -0.05) is 43.7 Å². The van der Waals surface area contributed by atoms with Gasteiger partial charge >= 0.3 is 6.18 Å². The lowest BCUT2D eigenvalue weighted by Crippen LogP contribution is -2.36. The van der Waals surface area contributed by atoms with E-state index >= 15 is 0 Å². The van der Waals surface area contributed by atoms with Crippen molar-refractivity contribution in [3.63, 3.8) is 0 Å². The van der Waals surface area contributed by atoms with Gasteiger partial charge in [-0.25, -0.2) is 0 Å². The number of carbonyl (C=O) groups excluding carboxylic acids is 1. The first-order valence-corrected chi connectivity index (χ1v) is 12.6. The summed E-state index contributed by atoms with van der Waals surface area (Å²) in [4.78, 5) is 13.2. The van der Waals surface area contributed by atoms with Gasteiger partial charge in [0.15, 0.2) is 0 Å². The zero-order valence-corrected chi connectivity index (χ0v) is 20.2. The molecule has 0 aliphatic heterocycles. The zero-order valence-electron chi connectivity index (χ0n) is 19.4. The lowest BCUT2D eigenvalue weighted by Gasteiger charge is -2.29.